The summed E-state index contributed by atoms with van der Waals surface area (Å²) in [6.45, 7) is 7.98. The fraction of sp³-hybridized carbons (Fsp3) is 0.267. The highest BCUT2D eigenvalue weighted by Gasteiger charge is 2.16. The molecule has 0 aliphatic carbocycles. The number of nitrogens with one attached hydrogen (secondary N) is 2. The number of allylic oxidation sites excluding steroid dienone is 1. The maximum atomic E-state index is 13.0. The molecule has 9 nitrogen and oxygen atoms in total. The van der Waals surface area contributed by atoms with Crippen molar-refractivity contribution in [2.45, 2.75) is 39.7 Å². The van der Waals surface area contributed by atoms with Crippen molar-refractivity contribution in [3.63, 3.8) is 0 Å². The van der Waals surface area contributed by atoms with Crippen molar-refractivity contribution in [1.29, 1.82) is 0 Å². The number of carboxylic acids is 1. The maximum absolute atomic E-state index is 13.0. The molecule has 0 unspecified atom stereocenters. The van der Waals surface area contributed by atoms with Crippen LogP contribution in [0.15, 0.2) is 75.5 Å². The number of carboxylic acid groups (broad SMARTS) is 1. The number of amides is 1. The second-order valence-electron chi connectivity index (χ2n) is 9.02. The molecule has 0 fully saturated rings. The summed E-state index contributed by atoms with van der Waals surface area (Å²) in [4.78, 5) is 29.1. The molecule has 210 valence electrons. The number of hydrogen-bond acceptors (Lipinski definition) is 7. The number of thioether (sulfide) groups is 1. The number of nitrogens with zero attached hydrogens (tertiary/aromatic N) is 1. The van der Waals surface area contributed by atoms with E-state index in [9.17, 15) is 14.7 Å². The van der Waals surface area contributed by atoms with Gasteiger partial charge >= 0.3 is 5.97 Å². The van der Waals surface area contributed by atoms with E-state index in [2.05, 4.69) is 22.2 Å². The van der Waals surface area contributed by atoms with Crippen molar-refractivity contribution in [3.8, 4) is 17.2 Å². The van der Waals surface area contributed by atoms with Crippen molar-refractivity contribution in [1.82, 2.24) is 15.6 Å². The van der Waals surface area contributed by atoms with Gasteiger partial charge in [0.25, 0.3) is 5.91 Å². The lowest BCUT2D eigenvalue weighted by Crippen LogP contribution is -2.37. The summed E-state index contributed by atoms with van der Waals surface area (Å²) in [5.41, 5.74) is 3.79. The van der Waals surface area contributed by atoms with Gasteiger partial charge in [-0.15, -0.1) is 0 Å². The molecule has 0 saturated carbocycles. The first kappa shape index (κ1) is 30.2. The van der Waals surface area contributed by atoms with Crippen molar-refractivity contribution >= 4 is 29.4 Å². The van der Waals surface area contributed by atoms with Crippen molar-refractivity contribution in [2.75, 3.05) is 13.7 Å². The lowest BCUT2D eigenvalue weighted by atomic mass is 10.0. The number of aliphatic carboxylic acids is 1. The largest absolute Gasteiger partial charge is 0.493 e. The van der Waals surface area contributed by atoms with Crippen molar-refractivity contribution < 1.29 is 29.3 Å². The van der Waals surface area contributed by atoms with Crippen LogP contribution in [-0.2, 0) is 29.0 Å². The first-order valence-corrected chi connectivity index (χ1v) is 13.6. The molecule has 5 N–H and O–H groups in total. The lowest BCUT2D eigenvalue weighted by molar-refractivity contribution is -0.137. The molecule has 0 saturated heterocycles. The molecule has 1 heterocycles. The summed E-state index contributed by atoms with van der Waals surface area (Å²) in [6.07, 6.45) is 2.43. The molecule has 0 spiro atoms. The predicted octanol–water partition coefficient (Wildman–Crippen LogP) is 3.43. The topological polar surface area (TPSA) is 139 Å². The van der Waals surface area contributed by atoms with Crippen molar-refractivity contribution in [2.24, 2.45) is 0 Å². The third kappa shape index (κ3) is 9.16. The Kier molecular flexibility index (Phi) is 11.1. The van der Waals surface area contributed by atoms with Gasteiger partial charge < -0.3 is 24.9 Å². The summed E-state index contributed by atoms with van der Waals surface area (Å²) >= 11 is 1.17. The summed E-state index contributed by atoms with van der Waals surface area (Å²) in [6, 6.07) is 15.2. The number of benzene rings is 2. The van der Waals surface area contributed by atoms with Crippen molar-refractivity contribution in [3.05, 3.63) is 93.7 Å². The van der Waals surface area contributed by atoms with Crippen LogP contribution < -0.4 is 20.8 Å². The van der Waals surface area contributed by atoms with E-state index in [4.69, 9.17) is 14.6 Å². The van der Waals surface area contributed by atoms with Crippen LogP contribution in [-0.4, -0.2) is 41.3 Å². The van der Waals surface area contributed by atoms with Gasteiger partial charge in [-0.3, -0.25) is 15.0 Å². The molecule has 0 atom stereocenters. The highest BCUT2D eigenvalue weighted by molar-refractivity contribution is 8.07. The molecule has 1 aromatic heterocycles. The Morgan fingerprint density at radius 2 is 1.93 bits per heavy atom. The smallest absolute Gasteiger partial charge is 0.303 e. The Bertz CT molecular complexity index is 1400. The van der Waals surface area contributed by atoms with Crippen LogP contribution in [0.2, 0.25) is 0 Å². The Hall–Kier alpha value is -4.31. The van der Waals surface area contributed by atoms with Gasteiger partial charge in [-0.05, 0) is 48.7 Å². The SMILES string of the molecule is C=C(NC)S/C(=C\C(C)=[NH2+])C(=O)NCc1cc(OCCc2nc(-c3ccccc3)oc2C)ccc1CCC(=O)O. The molecule has 0 aliphatic heterocycles. The van der Waals surface area contributed by atoms with Gasteiger partial charge in [0.05, 0.1) is 22.2 Å². The molecular formula is C30H35N4O5S+. The average Bonchev–Trinajstić information content (AvgIpc) is 3.30. The standard InChI is InChI=1S/C30H34N4O5S/c1-19(31)16-27(40-21(3)32-4)29(37)33-18-24-17-25(12-10-22(24)11-13-28(35)36)38-15-14-26-20(2)39-30(34-26)23-8-6-5-7-9-23/h5-10,12,16-17,31-32H,3,11,13-15,18H2,1-2,4H3,(H,33,37)(H,35,36)/p+1/b27-16-,31-19?. The fourth-order valence-electron chi connectivity index (χ4n) is 3.77. The Balaban J connectivity index is 1.70. The highest BCUT2D eigenvalue weighted by atomic mass is 32.2. The van der Waals surface area contributed by atoms with Crippen LogP contribution in [0.1, 0.15) is 35.9 Å². The monoisotopic (exact) mass is 563 g/mol. The average molecular weight is 564 g/mol. The van der Waals surface area contributed by atoms with Crippen LogP contribution in [0.25, 0.3) is 11.5 Å². The van der Waals surface area contributed by atoms with Gasteiger partial charge in [-0.1, -0.05) is 42.6 Å². The fourth-order valence-corrected chi connectivity index (χ4v) is 4.54. The zero-order valence-corrected chi connectivity index (χ0v) is 23.8. The number of hydrogen-bond donors (Lipinski definition) is 4. The normalized spacial score (nSPS) is 11.1. The molecule has 40 heavy (non-hydrogen) atoms. The van der Waals surface area contributed by atoms with Crippen LogP contribution in [0.3, 0.4) is 0 Å². The highest BCUT2D eigenvalue weighted by Crippen LogP contribution is 2.25. The van der Waals surface area contributed by atoms with E-state index in [0.717, 1.165) is 28.1 Å². The molecule has 1 amide bonds. The van der Waals surface area contributed by atoms with E-state index in [1.54, 1.807) is 26.1 Å². The first-order valence-electron chi connectivity index (χ1n) is 12.8. The predicted molar refractivity (Wildman–Crippen MR) is 157 cm³/mol. The molecule has 3 rings (SSSR count). The van der Waals surface area contributed by atoms with Gasteiger partial charge in [0, 0.05) is 45.0 Å². The van der Waals surface area contributed by atoms with E-state index >= 15 is 0 Å². The van der Waals surface area contributed by atoms with Crippen LogP contribution >= 0.6 is 11.8 Å². The van der Waals surface area contributed by atoms with Crippen LogP contribution in [0.5, 0.6) is 5.75 Å². The number of carbonyl (C=O) groups is 2. The number of ether oxygens (including phenoxy) is 1. The number of oxazole rings is 1. The third-order valence-electron chi connectivity index (χ3n) is 5.84. The van der Waals surface area contributed by atoms with E-state index < -0.39 is 5.97 Å². The molecule has 0 radical (unpaired) electrons. The van der Waals surface area contributed by atoms with E-state index in [1.807, 2.05) is 49.4 Å². The zero-order valence-electron chi connectivity index (χ0n) is 23.0. The maximum Gasteiger partial charge on any atom is 0.303 e. The molecule has 2 aromatic carbocycles. The summed E-state index contributed by atoms with van der Waals surface area (Å²) in [5.74, 6) is 0.697. The number of aryl methyl sites for hydroxylation is 2. The number of carbonyl (C=O) groups excluding carboxylic acids is 1. The first-order chi connectivity index (χ1) is 19.2. The van der Waals surface area contributed by atoms with E-state index in [0.29, 0.717) is 46.7 Å². The Morgan fingerprint density at radius 3 is 2.60 bits per heavy atom. The second kappa shape index (κ2) is 14.7. The number of rotatable bonds is 15. The molecule has 10 heteroatoms. The van der Waals surface area contributed by atoms with Crippen LogP contribution in [0, 0.1) is 6.92 Å². The zero-order chi connectivity index (χ0) is 29.1. The van der Waals surface area contributed by atoms with Crippen LogP contribution in [0.4, 0.5) is 0 Å². The molecule has 0 bridgehead atoms. The summed E-state index contributed by atoms with van der Waals surface area (Å²) in [7, 11) is 1.72. The quantitative estimate of drug-likeness (QED) is 0.163. The lowest BCUT2D eigenvalue weighted by Gasteiger charge is -2.14. The molecular weight excluding hydrogens is 528 g/mol. The molecule has 0 aliphatic rings. The summed E-state index contributed by atoms with van der Waals surface area (Å²) < 4.78 is 11.8. The summed E-state index contributed by atoms with van der Waals surface area (Å²) in [5, 5.41) is 21.4. The second-order valence-corrected chi connectivity index (χ2v) is 10.2. The minimum Gasteiger partial charge on any atom is -0.493 e. The molecule has 3 aromatic rings. The van der Waals surface area contributed by atoms with Gasteiger partial charge in [0.1, 0.15) is 11.5 Å². The minimum absolute atomic E-state index is 0.0271. The van der Waals surface area contributed by atoms with Gasteiger partial charge in [0.15, 0.2) is 5.71 Å². The number of aromatic nitrogens is 1. The minimum atomic E-state index is -0.894. The van der Waals surface area contributed by atoms with Gasteiger partial charge in [0.2, 0.25) is 5.89 Å². The van der Waals surface area contributed by atoms with Gasteiger partial charge in [-0.25, -0.2) is 4.98 Å². The van der Waals surface area contributed by atoms with E-state index in [-0.39, 0.29) is 18.9 Å². The third-order valence-corrected chi connectivity index (χ3v) is 6.81. The van der Waals surface area contributed by atoms with Gasteiger partial charge in [-0.2, -0.15) is 0 Å². The van der Waals surface area contributed by atoms with E-state index in [1.165, 1.54) is 11.8 Å². The number of nitrogens with two attached hydrogens (primary N) is 1. The Labute approximate surface area is 238 Å². The Morgan fingerprint density at radius 1 is 1.18 bits per heavy atom.